The lowest BCUT2D eigenvalue weighted by atomic mass is 10.1. The number of halogens is 1. The molecule has 0 aromatic heterocycles. The molecule has 17 heavy (non-hydrogen) atoms. The van der Waals surface area contributed by atoms with Crippen molar-refractivity contribution < 1.29 is 9.84 Å². The standard InChI is InChI=1S/C11H9ClN2O2S/c1-16-9-4-6(3-8(12)10(9)15)2-7(5-13)11(14)17/h2-4,15H,1H3,(H2,14,17)/b7-2+. The first kappa shape index (κ1) is 13.3. The summed E-state index contributed by atoms with van der Waals surface area (Å²) in [4.78, 5) is -0.00401. The van der Waals surface area contributed by atoms with E-state index in [4.69, 9.17) is 39.6 Å². The minimum absolute atomic E-state index is 0.00401. The summed E-state index contributed by atoms with van der Waals surface area (Å²) in [5, 5.41) is 18.5. The molecular weight excluding hydrogens is 260 g/mol. The molecule has 6 heteroatoms. The van der Waals surface area contributed by atoms with Crippen molar-refractivity contribution in [1.29, 1.82) is 5.26 Å². The largest absolute Gasteiger partial charge is 0.503 e. The Kier molecular flexibility index (Phi) is 4.32. The number of phenolic OH excluding ortho intramolecular Hbond substituents is 1. The van der Waals surface area contributed by atoms with Crippen molar-refractivity contribution in [2.75, 3.05) is 7.11 Å². The fourth-order valence-electron chi connectivity index (χ4n) is 1.16. The molecule has 0 fully saturated rings. The molecule has 1 aromatic carbocycles. The van der Waals surface area contributed by atoms with Gasteiger partial charge in [0.05, 0.1) is 17.7 Å². The molecule has 0 amide bonds. The number of nitrogens with zero attached hydrogens (tertiary/aromatic N) is 1. The Balaban J connectivity index is 3.30. The van der Waals surface area contributed by atoms with E-state index in [-0.39, 0.29) is 27.1 Å². The molecule has 0 bridgehead atoms. The number of phenols is 1. The summed E-state index contributed by atoms with van der Waals surface area (Å²) in [6, 6.07) is 4.88. The number of benzene rings is 1. The van der Waals surface area contributed by atoms with Crippen LogP contribution >= 0.6 is 23.8 Å². The summed E-state index contributed by atoms with van der Waals surface area (Å²) in [7, 11) is 1.40. The minimum atomic E-state index is -0.153. The maximum atomic E-state index is 9.53. The molecule has 1 aromatic rings. The summed E-state index contributed by atoms with van der Waals surface area (Å²) in [5.74, 6) is 0.0594. The fraction of sp³-hybridized carbons (Fsp3) is 0.0909. The van der Waals surface area contributed by atoms with Crippen molar-refractivity contribution in [2.24, 2.45) is 5.73 Å². The first-order chi connectivity index (χ1) is 7.99. The van der Waals surface area contributed by atoms with Gasteiger partial charge < -0.3 is 15.6 Å². The summed E-state index contributed by atoms with van der Waals surface area (Å²) in [5.41, 5.74) is 6.08. The van der Waals surface area contributed by atoms with Gasteiger partial charge in [-0.1, -0.05) is 23.8 Å². The van der Waals surface area contributed by atoms with E-state index in [0.717, 1.165) is 0 Å². The summed E-state index contributed by atoms with van der Waals surface area (Å²) >= 11 is 10.5. The average Bonchev–Trinajstić information content (AvgIpc) is 2.29. The van der Waals surface area contributed by atoms with E-state index >= 15 is 0 Å². The van der Waals surface area contributed by atoms with Gasteiger partial charge in [-0.25, -0.2) is 0 Å². The van der Waals surface area contributed by atoms with Crippen LogP contribution in [-0.2, 0) is 0 Å². The van der Waals surface area contributed by atoms with Crippen LogP contribution in [-0.4, -0.2) is 17.2 Å². The molecule has 0 radical (unpaired) electrons. The Bertz CT molecular complexity index is 535. The zero-order chi connectivity index (χ0) is 13.0. The van der Waals surface area contributed by atoms with E-state index in [1.807, 2.05) is 6.07 Å². The lowest BCUT2D eigenvalue weighted by Gasteiger charge is -2.06. The predicted molar refractivity (Wildman–Crippen MR) is 70.0 cm³/mol. The second-order valence-electron chi connectivity index (χ2n) is 3.09. The molecule has 0 aliphatic rings. The van der Waals surface area contributed by atoms with Crippen LogP contribution in [0.4, 0.5) is 0 Å². The summed E-state index contributed by atoms with van der Waals surface area (Å²) in [6.07, 6.45) is 1.47. The van der Waals surface area contributed by atoms with Gasteiger partial charge in [0.1, 0.15) is 11.1 Å². The molecular formula is C11H9ClN2O2S. The van der Waals surface area contributed by atoms with Crippen LogP contribution in [0.15, 0.2) is 17.7 Å². The van der Waals surface area contributed by atoms with E-state index in [1.54, 1.807) is 0 Å². The quantitative estimate of drug-likeness (QED) is 0.499. The molecule has 0 saturated heterocycles. The van der Waals surface area contributed by atoms with Gasteiger partial charge in [-0.3, -0.25) is 0 Å². The Morgan fingerprint density at radius 3 is 2.76 bits per heavy atom. The average molecular weight is 269 g/mol. The number of methoxy groups -OCH3 is 1. The number of aromatic hydroxyl groups is 1. The Morgan fingerprint density at radius 2 is 2.29 bits per heavy atom. The maximum Gasteiger partial charge on any atom is 0.176 e. The number of hydrogen-bond acceptors (Lipinski definition) is 4. The maximum absolute atomic E-state index is 9.53. The van der Waals surface area contributed by atoms with Gasteiger partial charge in [0.2, 0.25) is 0 Å². The van der Waals surface area contributed by atoms with Crippen molar-refractivity contribution in [2.45, 2.75) is 0 Å². The van der Waals surface area contributed by atoms with E-state index in [2.05, 4.69) is 0 Å². The fourth-order valence-corrected chi connectivity index (χ4v) is 1.48. The SMILES string of the molecule is COc1cc(/C=C(\C#N)C(N)=S)cc(Cl)c1O. The van der Waals surface area contributed by atoms with Gasteiger partial charge in [0.25, 0.3) is 0 Å². The van der Waals surface area contributed by atoms with Crippen LogP contribution in [0.1, 0.15) is 5.56 Å². The van der Waals surface area contributed by atoms with Crippen molar-refractivity contribution in [3.63, 3.8) is 0 Å². The van der Waals surface area contributed by atoms with Crippen molar-refractivity contribution >= 4 is 34.9 Å². The summed E-state index contributed by atoms with van der Waals surface area (Å²) in [6.45, 7) is 0. The third-order valence-electron chi connectivity index (χ3n) is 1.97. The van der Waals surface area contributed by atoms with Crippen LogP contribution in [0.2, 0.25) is 5.02 Å². The van der Waals surface area contributed by atoms with Gasteiger partial charge in [0, 0.05) is 0 Å². The van der Waals surface area contributed by atoms with E-state index in [0.29, 0.717) is 5.56 Å². The highest BCUT2D eigenvalue weighted by molar-refractivity contribution is 7.80. The summed E-state index contributed by atoms with van der Waals surface area (Å²) < 4.78 is 4.93. The molecule has 1 rings (SSSR count). The molecule has 0 saturated carbocycles. The number of nitriles is 1. The highest BCUT2D eigenvalue weighted by Gasteiger charge is 2.09. The second kappa shape index (κ2) is 5.53. The van der Waals surface area contributed by atoms with Gasteiger partial charge in [-0.15, -0.1) is 0 Å². The third kappa shape index (κ3) is 3.09. The monoisotopic (exact) mass is 268 g/mol. The Morgan fingerprint density at radius 1 is 1.65 bits per heavy atom. The number of thiocarbonyl (C=S) groups is 1. The van der Waals surface area contributed by atoms with Crippen LogP contribution in [0.5, 0.6) is 11.5 Å². The predicted octanol–water partition coefficient (Wildman–Crippen LogP) is 2.25. The van der Waals surface area contributed by atoms with Crippen LogP contribution in [0.25, 0.3) is 6.08 Å². The van der Waals surface area contributed by atoms with Gasteiger partial charge in [-0.2, -0.15) is 5.26 Å². The van der Waals surface area contributed by atoms with Crippen molar-refractivity contribution in [3.8, 4) is 17.6 Å². The molecule has 0 atom stereocenters. The Hall–Kier alpha value is -1.77. The van der Waals surface area contributed by atoms with Crippen LogP contribution in [0, 0.1) is 11.3 Å². The van der Waals surface area contributed by atoms with Crippen molar-refractivity contribution in [3.05, 3.63) is 28.3 Å². The van der Waals surface area contributed by atoms with Gasteiger partial charge >= 0.3 is 0 Å². The third-order valence-corrected chi connectivity index (χ3v) is 2.48. The van der Waals surface area contributed by atoms with Crippen LogP contribution in [0.3, 0.4) is 0 Å². The molecule has 3 N–H and O–H groups in total. The lowest BCUT2D eigenvalue weighted by Crippen LogP contribution is -2.09. The Labute approximate surface area is 109 Å². The molecule has 0 aliphatic carbocycles. The first-order valence-corrected chi connectivity index (χ1v) is 5.26. The number of rotatable bonds is 3. The highest BCUT2D eigenvalue weighted by Crippen LogP contribution is 2.35. The molecule has 0 heterocycles. The normalized spacial score (nSPS) is 10.8. The van der Waals surface area contributed by atoms with E-state index in [1.165, 1.54) is 25.3 Å². The van der Waals surface area contributed by atoms with Gasteiger partial charge in [-0.05, 0) is 23.8 Å². The second-order valence-corrected chi connectivity index (χ2v) is 3.93. The lowest BCUT2D eigenvalue weighted by molar-refractivity contribution is 0.373. The topological polar surface area (TPSA) is 79.3 Å². The zero-order valence-electron chi connectivity index (χ0n) is 8.90. The minimum Gasteiger partial charge on any atom is -0.503 e. The molecule has 88 valence electrons. The number of hydrogen-bond donors (Lipinski definition) is 2. The smallest absolute Gasteiger partial charge is 0.176 e. The van der Waals surface area contributed by atoms with Crippen LogP contribution < -0.4 is 10.5 Å². The molecule has 4 nitrogen and oxygen atoms in total. The van der Waals surface area contributed by atoms with Gasteiger partial charge in [0.15, 0.2) is 11.5 Å². The molecule has 0 aliphatic heterocycles. The van der Waals surface area contributed by atoms with E-state index in [9.17, 15) is 5.11 Å². The number of nitrogens with two attached hydrogens (primary N) is 1. The number of ether oxygens (including phenoxy) is 1. The molecule has 0 unspecified atom stereocenters. The molecule has 0 spiro atoms. The first-order valence-electron chi connectivity index (χ1n) is 4.47. The van der Waals surface area contributed by atoms with Crippen molar-refractivity contribution in [1.82, 2.24) is 0 Å². The highest BCUT2D eigenvalue weighted by atomic mass is 35.5. The zero-order valence-corrected chi connectivity index (χ0v) is 10.5. The van der Waals surface area contributed by atoms with E-state index < -0.39 is 0 Å².